The van der Waals surface area contributed by atoms with Crippen molar-refractivity contribution >= 4 is 44.8 Å². The first kappa shape index (κ1) is 29.6. The molecular weight excluding hydrogens is 592 g/mol. The first-order valence-corrected chi connectivity index (χ1v) is 14.6. The maximum absolute atomic E-state index is 11.7. The number of rotatable bonds is 8. The molecule has 5 aromatic rings. The standard InChI is InChI=1S/C27H24N10O6S/c1-27(2,3)21-20(24-30-22(34-37(24)33-21)14-5-7-18(8-6-14)35-44(4,42)43)31-32-23-17(12-28)13-29-36(23)19-10-15(25(38)39)9-16(11-19)26(40)41/h5-11,13,33,35H,1-4H3,(H,38,39)(H,40,41). The molecule has 0 unspecified atom stereocenters. The third-order valence-corrected chi connectivity index (χ3v) is 6.84. The van der Waals surface area contributed by atoms with E-state index in [9.17, 15) is 33.5 Å². The van der Waals surface area contributed by atoms with Crippen LogP contribution in [-0.4, -0.2) is 66.4 Å². The van der Waals surface area contributed by atoms with Crippen molar-refractivity contribution in [2.75, 3.05) is 11.0 Å². The Morgan fingerprint density at radius 3 is 2.23 bits per heavy atom. The number of aromatic amines is 1. The number of sulfonamides is 1. The highest BCUT2D eigenvalue weighted by Gasteiger charge is 2.26. The third kappa shape index (κ3) is 5.87. The Morgan fingerprint density at radius 1 is 1.05 bits per heavy atom. The Kier molecular flexibility index (Phi) is 7.23. The average molecular weight is 617 g/mol. The molecule has 44 heavy (non-hydrogen) atoms. The molecule has 0 radical (unpaired) electrons. The summed E-state index contributed by atoms with van der Waals surface area (Å²) in [7, 11) is -3.45. The van der Waals surface area contributed by atoms with Crippen LogP contribution in [0.5, 0.6) is 0 Å². The molecule has 3 heterocycles. The number of carbonyl (C=O) groups is 2. The fourth-order valence-corrected chi connectivity index (χ4v) is 4.80. The molecule has 2 aromatic carbocycles. The Labute approximate surface area is 249 Å². The van der Waals surface area contributed by atoms with Gasteiger partial charge in [-0.1, -0.05) is 20.8 Å². The fraction of sp³-hybridized carbons (Fsp3) is 0.185. The molecule has 4 N–H and O–H groups in total. The van der Waals surface area contributed by atoms with E-state index in [1.165, 1.54) is 23.0 Å². The van der Waals surface area contributed by atoms with Crippen molar-refractivity contribution < 1.29 is 28.2 Å². The molecule has 0 saturated heterocycles. The first-order valence-electron chi connectivity index (χ1n) is 12.7. The second kappa shape index (κ2) is 10.7. The maximum Gasteiger partial charge on any atom is 0.335 e. The number of hydrogen-bond donors (Lipinski definition) is 4. The largest absolute Gasteiger partial charge is 0.478 e. The number of carboxylic acids is 2. The second-order valence-corrected chi connectivity index (χ2v) is 12.4. The average Bonchev–Trinajstić information content (AvgIpc) is 3.64. The number of carboxylic acid groups (broad SMARTS) is 2. The van der Waals surface area contributed by atoms with Gasteiger partial charge in [0.2, 0.25) is 15.7 Å². The van der Waals surface area contributed by atoms with Crippen molar-refractivity contribution in [3.63, 3.8) is 0 Å². The topological polar surface area (TPSA) is 233 Å². The molecule has 5 rings (SSSR count). The van der Waals surface area contributed by atoms with Gasteiger partial charge in [0, 0.05) is 16.7 Å². The van der Waals surface area contributed by atoms with E-state index in [0.29, 0.717) is 34.1 Å². The van der Waals surface area contributed by atoms with Gasteiger partial charge in [0.15, 0.2) is 17.3 Å². The molecule has 3 aromatic heterocycles. The molecular formula is C27H24N10O6S. The van der Waals surface area contributed by atoms with Gasteiger partial charge in [0.05, 0.1) is 35.0 Å². The zero-order chi connectivity index (χ0) is 32.0. The molecule has 0 aliphatic carbocycles. The van der Waals surface area contributed by atoms with E-state index in [1.54, 1.807) is 24.3 Å². The van der Waals surface area contributed by atoms with Crippen LogP contribution in [0.3, 0.4) is 0 Å². The number of fused-ring (bicyclic) bond motifs is 1. The van der Waals surface area contributed by atoms with Crippen molar-refractivity contribution in [1.29, 1.82) is 5.26 Å². The Hall–Kier alpha value is -5.89. The smallest absolute Gasteiger partial charge is 0.335 e. The van der Waals surface area contributed by atoms with Gasteiger partial charge in [0.1, 0.15) is 11.6 Å². The first-order chi connectivity index (χ1) is 20.6. The number of benzene rings is 2. The number of nitrogens with zero attached hydrogens (tertiary/aromatic N) is 8. The quantitative estimate of drug-likeness (QED) is 0.181. The summed E-state index contributed by atoms with van der Waals surface area (Å²) in [5, 5.41) is 49.2. The lowest BCUT2D eigenvalue weighted by atomic mass is 9.91. The summed E-state index contributed by atoms with van der Waals surface area (Å²) >= 11 is 0. The van der Waals surface area contributed by atoms with Crippen LogP contribution in [0.1, 0.15) is 52.7 Å². The van der Waals surface area contributed by atoms with Gasteiger partial charge in [-0.3, -0.25) is 9.82 Å². The van der Waals surface area contributed by atoms with Crippen molar-refractivity contribution in [2.24, 2.45) is 10.2 Å². The summed E-state index contributed by atoms with van der Waals surface area (Å²) in [5.74, 6) is -2.45. The zero-order valence-electron chi connectivity index (χ0n) is 23.6. The summed E-state index contributed by atoms with van der Waals surface area (Å²) < 4.78 is 28.0. The highest BCUT2D eigenvalue weighted by molar-refractivity contribution is 7.92. The summed E-state index contributed by atoms with van der Waals surface area (Å²) in [6.45, 7) is 5.80. The number of aromatic carboxylic acids is 2. The molecule has 17 heteroatoms. The monoisotopic (exact) mass is 616 g/mol. The molecule has 0 saturated carbocycles. The van der Waals surface area contributed by atoms with Crippen molar-refractivity contribution in [3.05, 3.63) is 71.0 Å². The van der Waals surface area contributed by atoms with Crippen LogP contribution < -0.4 is 4.72 Å². The van der Waals surface area contributed by atoms with Gasteiger partial charge in [-0.05, 0) is 42.5 Å². The van der Waals surface area contributed by atoms with Crippen LogP contribution >= 0.6 is 0 Å². The van der Waals surface area contributed by atoms with Crippen LogP contribution in [0.4, 0.5) is 17.2 Å². The number of anilines is 1. The molecule has 0 aliphatic rings. The van der Waals surface area contributed by atoms with Gasteiger partial charge in [-0.2, -0.15) is 15.0 Å². The lowest BCUT2D eigenvalue weighted by molar-refractivity contribution is 0.0696. The summed E-state index contributed by atoms with van der Waals surface area (Å²) in [4.78, 5) is 27.9. The van der Waals surface area contributed by atoms with E-state index in [4.69, 9.17) is 0 Å². The highest BCUT2D eigenvalue weighted by Crippen LogP contribution is 2.36. The predicted molar refractivity (Wildman–Crippen MR) is 156 cm³/mol. The lowest BCUT2D eigenvalue weighted by Crippen LogP contribution is -2.12. The molecule has 0 amide bonds. The highest BCUT2D eigenvalue weighted by atomic mass is 32.2. The molecule has 0 spiro atoms. The number of aromatic nitrogens is 6. The second-order valence-electron chi connectivity index (χ2n) is 10.7. The minimum Gasteiger partial charge on any atom is -0.478 e. The van der Waals surface area contributed by atoms with Gasteiger partial charge in [-0.15, -0.1) is 15.3 Å². The Balaban J connectivity index is 1.61. The van der Waals surface area contributed by atoms with Crippen molar-refractivity contribution in [1.82, 2.24) is 29.6 Å². The fourth-order valence-electron chi connectivity index (χ4n) is 4.24. The number of H-pyrrole nitrogens is 1. The third-order valence-electron chi connectivity index (χ3n) is 6.24. The van der Waals surface area contributed by atoms with E-state index in [1.807, 2.05) is 26.8 Å². The lowest BCUT2D eigenvalue weighted by Gasteiger charge is -2.16. The molecule has 16 nitrogen and oxygen atoms in total. The van der Waals surface area contributed by atoms with E-state index >= 15 is 0 Å². The SMILES string of the molecule is CC(C)(C)c1[nH]n2nc(-c3ccc(NS(C)(=O)=O)cc3)nc2c1N=Nc1c(C#N)cnn1-c1cc(C(=O)O)cc(C(=O)O)c1. The minimum absolute atomic E-state index is 0.000154. The molecule has 0 bridgehead atoms. The van der Waals surface area contributed by atoms with Crippen LogP contribution in [0.15, 0.2) is 58.9 Å². The van der Waals surface area contributed by atoms with Crippen LogP contribution in [0.25, 0.3) is 22.7 Å². The number of hydrogen-bond acceptors (Lipinski definition) is 10. The summed E-state index contributed by atoms with van der Waals surface area (Å²) in [6, 6.07) is 11.8. The molecule has 0 aliphatic heterocycles. The van der Waals surface area contributed by atoms with Gasteiger partial charge >= 0.3 is 11.9 Å². The van der Waals surface area contributed by atoms with Crippen LogP contribution in [0.2, 0.25) is 0 Å². The molecule has 0 atom stereocenters. The van der Waals surface area contributed by atoms with Gasteiger partial charge in [-0.25, -0.2) is 27.7 Å². The zero-order valence-corrected chi connectivity index (χ0v) is 24.4. The van der Waals surface area contributed by atoms with Crippen LogP contribution in [0, 0.1) is 11.3 Å². The number of nitrogens with one attached hydrogen (secondary N) is 2. The molecule has 224 valence electrons. The van der Waals surface area contributed by atoms with Crippen molar-refractivity contribution in [3.8, 4) is 23.1 Å². The summed E-state index contributed by atoms with van der Waals surface area (Å²) in [6.07, 6.45) is 2.26. The Morgan fingerprint density at radius 2 is 1.68 bits per heavy atom. The number of azo groups is 1. The predicted octanol–water partition coefficient (Wildman–Crippen LogP) is 4.26. The van der Waals surface area contributed by atoms with Crippen molar-refractivity contribution in [2.45, 2.75) is 26.2 Å². The minimum atomic E-state index is -3.45. The maximum atomic E-state index is 11.7. The van der Waals surface area contributed by atoms with E-state index in [2.05, 4.69) is 35.2 Å². The van der Waals surface area contributed by atoms with Gasteiger partial charge < -0.3 is 10.2 Å². The van der Waals surface area contributed by atoms with E-state index < -0.39 is 27.4 Å². The normalized spacial score (nSPS) is 12.1. The summed E-state index contributed by atoms with van der Waals surface area (Å²) in [5.41, 5.74) is 1.16. The number of nitriles is 1. The van der Waals surface area contributed by atoms with Gasteiger partial charge in [0.25, 0.3) is 0 Å². The molecule has 0 fully saturated rings. The van der Waals surface area contributed by atoms with E-state index in [0.717, 1.165) is 17.0 Å². The Bertz CT molecular complexity index is 2100. The van der Waals surface area contributed by atoms with E-state index in [-0.39, 0.29) is 28.2 Å². The van der Waals surface area contributed by atoms with Crippen LogP contribution in [-0.2, 0) is 15.4 Å².